The van der Waals surface area contributed by atoms with Crippen LogP contribution in [0.15, 0.2) is 42.4 Å². The van der Waals surface area contributed by atoms with Gasteiger partial charge in [0.2, 0.25) is 0 Å². The molecule has 16 heavy (non-hydrogen) atoms. The molecule has 1 atom stereocenters. The Kier molecular flexibility index (Phi) is 4.71. The summed E-state index contributed by atoms with van der Waals surface area (Å²) in [4.78, 5) is 4.36. The minimum Gasteiger partial charge on any atom is -0.256 e. The first-order chi connectivity index (χ1) is 7.72. The van der Waals surface area contributed by atoms with Crippen LogP contribution in [0.5, 0.6) is 0 Å². The number of benzene rings is 1. The van der Waals surface area contributed by atoms with Gasteiger partial charge in [0, 0.05) is 6.21 Å². The predicted octanol–water partition coefficient (Wildman–Crippen LogP) is 4.73. The smallest absolute Gasteiger partial charge is 0.0704 e. The molecule has 0 bridgehead atoms. The van der Waals surface area contributed by atoms with Gasteiger partial charge in [-0.3, -0.25) is 4.99 Å². The molecule has 0 aliphatic rings. The third-order valence-corrected chi connectivity index (χ3v) is 2.77. The molecule has 1 rings (SSSR count). The summed E-state index contributed by atoms with van der Waals surface area (Å²) in [5.74, 6) is 0.566. The molecule has 84 valence electrons. The average Bonchev–Trinajstić information content (AvgIpc) is 2.34. The van der Waals surface area contributed by atoms with Crippen LogP contribution in [0.3, 0.4) is 0 Å². The van der Waals surface area contributed by atoms with Gasteiger partial charge in [-0.2, -0.15) is 0 Å². The zero-order valence-corrected chi connectivity index (χ0v) is 10.1. The van der Waals surface area contributed by atoms with E-state index in [1.165, 1.54) is 5.56 Å². The molecule has 1 heteroatoms. The lowest BCUT2D eigenvalue weighted by molar-refractivity contribution is 0.734. The van der Waals surface area contributed by atoms with Crippen LogP contribution in [0.25, 0.3) is 6.08 Å². The summed E-state index contributed by atoms with van der Waals surface area (Å²) in [6.45, 7) is 11.8. The second-order valence-corrected chi connectivity index (χ2v) is 3.85. The first-order valence-corrected chi connectivity index (χ1v) is 5.64. The lowest BCUT2D eigenvalue weighted by Crippen LogP contribution is -1.91. The maximum Gasteiger partial charge on any atom is 0.0704 e. The minimum atomic E-state index is 0.566. The second kappa shape index (κ2) is 6.06. The van der Waals surface area contributed by atoms with Crippen LogP contribution in [0.2, 0.25) is 0 Å². The van der Waals surface area contributed by atoms with E-state index in [1.807, 2.05) is 6.08 Å². The van der Waals surface area contributed by atoms with Crippen molar-refractivity contribution in [1.82, 2.24) is 0 Å². The summed E-state index contributed by atoms with van der Waals surface area (Å²) < 4.78 is 0. The van der Waals surface area contributed by atoms with Gasteiger partial charge in [-0.1, -0.05) is 51.3 Å². The summed E-state index contributed by atoms with van der Waals surface area (Å²) in [6, 6.07) is 6.35. The van der Waals surface area contributed by atoms with Gasteiger partial charge in [0.05, 0.1) is 5.69 Å². The fourth-order valence-electron chi connectivity index (χ4n) is 1.52. The molecule has 1 aromatic carbocycles. The van der Waals surface area contributed by atoms with Crippen molar-refractivity contribution in [3.8, 4) is 0 Å². The molecule has 0 fully saturated rings. The molecular formula is C15H19N. The van der Waals surface area contributed by atoms with E-state index >= 15 is 0 Å². The Balaban J connectivity index is 3.15. The topological polar surface area (TPSA) is 12.4 Å². The van der Waals surface area contributed by atoms with Crippen molar-refractivity contribution < 1.29 is 0 Å². The van der Waals surface area contributed by atoms with Gasteiger partial charge in [-0.25, -0.2) is 0 Å². The van der Waals surface area contributed by atoms with Crippen LogP contribution in [0.1, 0.15) is 37.3 Å². The van der Waals surface area contributed by atoms with Crippen LogP contribution >= 0.6 is 0 Å². The van der Waals surface area contributed by atoms with Gasteiger partial charge in [-0.05, 0) is 29.5 Å². The number of rotatable bonds is 5. The molecule has 0 saturated heterocycles. The van der Waals surface area contributed by atoms with Gasteiger partial charge < -0.3 is 0 Å². The molecule has 0 amide bonds. The molecule has 0 aliphatic carbocycles. The minimum absolute atomic E-state index is 0.566. The summed E-state index contributed by atoms with van der Waals surface area (Å²) in [5.41, 5.74) is 3.35. The van der Waals surface area contributed by atoms with E-state index in [2.05, 4.69) is 50.2 Å². The van der Waals surface area contributed by atoms with Gasteiger partial charge >= 0.3 is 0 Å². The van der Waals surface area contributed by atoms with Crippen molar-refractivity contribution in [1.29, 1.82) is 0 Å². The van der Waals surface area contributed by atoms with Crippen molar-refractivity contribution in [3.05, 3.63) is 48.6 Å². The first-order valence-electron chi connectivity index (χ1n) is 5.64. The van der Waals surface area contributed by atoms with E-state index in [1.54, 1.807) is 12.3 Å². The molecule has 0 spiro atoms. The van der Waals surface area contributed by atoms with Crippen molar-refractivity contribution in [3.63, 3.8) is 0 Å². The molecule has 1 aromatic rings. The van der Waals surface area contributed by atoms with Gasteiger partial charge in [0.25, 0.3) is 0 Å². The van der Waals surface area contributed by atoms with E-state index in [-0.39, 0.29) is 0 Å². The van der Waals surface area contributed by atoms with Crippen LogP contribution in [-0.2, 0) is 0 Å². The number of hydrogen-bond acceptors (Lipinski definition) is 1. The number of hydrogen-bond donors (Lipinski definition) is 0. The Labute approximate surface area is 98.2 Å². The summed E-state index contributed by atoms with van der Waals surface area (Å²) in [6.07, 6.45) is 6.36. The van der Waals surface area contributed by atoms with Gasteiger partial charge in [0.15, 0.2) is 0 Å². The second-order valence-electron chi connectivity index (χ2n) is 3.85. The molecule has 1 nitrogen and oxygen atoms in total. The summed E-state index contributed by atoms with van der Waals surface area (Å²) in [5, 5.41) is 0. The van der Waals surface area contributed by atoms with E-state index in [0.29, 0.717) is 5.92 Å². The maximum absolute atomic E-state index is 4.36. The monoisotopic (exact) mass is 213 g/mol. The van der Waals surface area contributed by atoms with Gasteiger partial charge in [0.1, 0.15) is 0 Å². The van der Waals surface area contributed by atoms with Crippen LogP contribution < -0.4 is 0 Å². The Morgan fingerprint density at radius 2 is 2.12 bits per heavy atom. The molecule has 1 unspecified atom stereocenters. The third-order valence-electron chi connectivity index (χ3n) is 2.77. The maximum atomic E-state index is 4.36. The van der Waals surface area contributed by atoms with E-state index in [4.69, 9.17) is 0 Å². The Morgan fingerprint density at radius 3 is 2.69 bits per heavy atom. The lowest BCUT2D eigenvalue weighted by atomic mass is 9.96. The van der Waals surface area contributed by atoms with Gasteiger partial charge in [-0.15, -0.1) is 0 Å². The van der Waals surface area contributed by atoms with Crippen molar-refractivity contribution in [2.45, 2.75) is 26.2 Å². The first kappa shape index (κ1) is 12.4. The van der Waals surface area contributed by atoms with E-state index < -0.39 is 0 Å². The van der Waals surface area contributed by atoms with Crippen LogP contribution in [-0.4, -0.2) is 6.21 Å². The highest BCUT2D eigenvalue weighted by molar-refractivity contribution is 5.76. The van der Waals surface area contributed by atoms with Crippen molar-refractivity contribution in [2.75, 3.05) is 0 Å². The van der Waals surface area contributed by atoms with Crippen LogP contribution in [0, 0.1) is 0 Å². The quantitative estimate of drug-likeness (QED) is 0.627. The van der Waals surface area contributed by atoms with E-state index in [0.717, 1.165) is 17.7 Å². The fraction of sp³-hybridized carbons (Fsp3) is 0.267. The van der Waals surface area contributed by atoms with Crippen LogP contribution in [0.4, 0.5) is 5.69 Å². The van der Waals surface area contributed by atoms with E-state index in [9.17, 15) is 0 Å². The zero-order chi connectivity index (χ0) is 12.0. The Hall–Kier alpha value is -1.63. The number of allylic oxidation sites excluding steroid dienone is 1. The predicted molar refractivity (Wildman–Crippen MR) is 73.6 cm³/mol. The highest BCUT2D eigenvalue weighted by Gasteiger charge is 2.05. The molecule has 0 radical (unpaired) electrons. The normalized spacial score (nSPS) is 12.6. The van der Waals surface area contributed by atoms with Crippen molar-refractivity contribution >= 4 is 18.0 Å². The number of nitrogens with zero attached hydrogens (tertiary/aromatic N) is 1. The SMILES string of the molecule is C=CC=Nc1cc(C(C)CC)ccc1C=C. The molecular weight excluding hydrogens is 194 g/mol. The lowest BCUT2D eigenvalue weighted by Gasteiger charge is -2.10. The van der Waals surface area contributed by atoms with Crippen molar-refractivity contribution in [2.24, 2.45) is 4.99 Å². The largest absolute Gasteiger partial charge is 0.256 e. The average molecular weight is 213 g/mol. The highest BCUT2D eigenvalue weighted by atomic mass is 14.7. The fourth-order valence-corrected chi connectivity index (χ4v) is 1.52. The Morgan fingerprint density at radius 1 is 1.38 bits per heavy atom. The molecule has 0 aliphatic heterocycles. The number of aliphatic imine (C=N–C) groups is 1. The summed E-state index contributed by atoms with van der Waals surface area (Å²) >= 11 is 0. The summed E-state index contributed by atoms with van der Waals surface area (Å²) in [7, 11) is 0. The highest BCUT2D eigenvalue weighted by Crippen LogP contribution is 2.27. The molecule has 0 heterocycles. The molecule has 0 N–H and O–H groups in total. The molecule has 0 saturated carbocycles. The standard InChI is InChI=1S/C15H19N/c1-5-10-16-15-11-14(12(4)6-2)9-8-13(15)7-3/h5,7-12H,1,3,6H2,2,4H3. The third kappa shape index (κ3) is 2.93. The zero-order valence-electron chi connectivity index (χ0n) is 10.1. The Bertz CT molecular complexity index is 402. The molecule has 0 aromatic heterocycles.